The molecule has 0 saturated carbocycles. The van der Waals surface area contributed by atoms with Crippen LogP contribution in [-0.2, 0) is 19.5 Å². The minimum atomic E-state index is -3.33. The molecule has 0 spiro atoms. The Morgan fingerprint density at radius 2 is 1.77 bits per heavy atom. The molecule has 0 heterocycles. The average molecular weight is 211 g/mol. The van der Waals surface area contributed by atoms with Crippen LogP contribution in [0.3, 0.4) is 0 Å². The van der Waals surface area contributed by atoms with Gasteiger partial charge in [0.05, 0.1) is 19.0 Å². The molecule has 0 saturated heterocycles. The van der Waals surface area contributed by atoms with Crippen molar-refractivity contribution in [2.45, 2.75) is 13.3 Å². The van der Waals surface area contributed by atoms with Crippen LogP contribution in [0.5, 0.6) is 0 Å². The molecular weight excluding hydrogens is 194 g/mol. The normalized spacial score (nSPS) is 11.8. The van der Waals surface area contributed by atoms with Crippen LogP contribution in [0, 0.1) is 0 Å². The van der Waals surface area contributed by atoms with Gasteiger partial charge in [-0.05, 0) is 13.3 Å². The monoisotopic (exact) mass is 211 g/mol. The van der Waals surface area contributed by atoms with Gasteiger partial charge in [-0.2, -0.15) is 0 Å². The highest BCUT2D eigenvalue weighted by Gasteiger charge is 2.00. The second kappa shape index (κ2) is 7.25. The van der Waals surface area contributed by atoms with E-state index in [0.29, 0.717) is 32.8 Å². The van der Waals surface area contributed by atoms with E-state index >= 15 is 0 Å². The lowest BCUT2D eigenvalue weighted by molar-refractivity contribution is 0.0533. The predicted octanol–water partition coefficient (Wildman–Crippen LogP) is -0.282. The standard InChI is InChI=1S/C7H17NO4S/c1-2-11-5-6-12-4-3-7-13(8,9)10/h2-7H2,1H3,(H2,8,9,10). The maximum absolute atomic E-state index is 10.5. The lowest BCUT2D eigenvalue weighted by atomic mass is 10.5. The highest BCUT2D eigenvalue weighted by atomic mass is 32.2. The Hall–Kier alpha value is -0.170. The molecule has 6 heteroatoms. The van der Waals surface area contributed by atoms with Crippen molar-refractivity contribution in [3.8, 4) is 0 Å². The minimum absolute atomic E-state index is 0.0262. The molecule has 2 N–H and O–H groups in total. The second-order valence-corrected chi connectivity index (χ2v) is 4.26. The Balaban J connectivity index is 3.09. The summed E-state index contributed by atoms with van der Waals surface area (Å²) in [4.78, 5) is 0. The number of rotatable bonds is 8. The molecule has 0 aliphatic rings. The summed E-state index contributed by atoms with van der Waals surface area (Å²) in [5.74, 6) is -0.0262. The first kappa shape index (κ1) is 12.8. The lowest BCUT2D eigenvalue weighted by Crippen LogP contribution is -2.18. The molecular formula is C7H17NO4S. The van der Waals surface area contributed by atoms with E-state index in [1.807, 2.05) is 6.92 Å². The van der Waals surface area contributed by atoms with Gasteiger partial charge < -0.3 is 9.47 Å². The summed E-state index contributed by atoms with van der Waals surface area (Å²) in [6, 6.07) is 0. The van der Waals surface area contributed by atoms with Gasteiger partial charge in [-0.3, -0.25) is 0 Å². The Kier molecular flexibility index (Phi) is 7.16. The molecule has 13 heavy (non-hydrogen) atoms. The quantitative estimate of drug-likeness (QED) is 0.560. The maximum atomic E-state index is 10.5. The fraction of sp³-hybridized carbons (Fsp3) is 1.00. The van der Waals surface area contributed by atoms with E-state index in [2.05, 4.69) is 0 Å². The Bertz CT molecular complexity index is 203. The van der Waals surface area contributed by atoms with E-state index in [9.17, 15) is 8.42 Å². The first-order valence-electron chi connectivity index (χ1n) is 4.22. The number of nitrogens with two attached hydrogens (primary N) is 1. The van der Waals surface area contributed by atoms with Gasteiger partial charge in [0.2, 0.25) is 10.0 Å². The molecule has 5 nitrogen and oxygen atoms in total. The van der Waals surface area contributed by atoms with Gasteiger partial charge in [0.15, 0.2) is 0 Å². The van der Waals surface area contributed by atoms with Crippen molar-refractivity contribution < 1.29 is 17.9 Å². The van der Waals surface area contributed by atoms with E-state index in [-0.39, 0.29) is 5.75 Å². The van der Waals surface area contributed by atoms with Gasteiger partial charge in [0.1, 0.15) is 0 Å². The summed E-state index contributed by atoms with van der Waals surface area (Å²) >= 11 is 0. The smallest absolute Gasteiger partial charge is 0.209 e. The van der Waals surface area contributed by atoms with Crippen molar-refractivity contribution >= 4 is 10.0 Å². The lowest BCUT2D eigenvalue weighted by Gasteiger charge is -2.03. The molecule has 0 bridgehead atoms. The van der Waals surface area contributed by atoms with Crippen LogP contribution in [0.1, 0.15) is 13.3 Å². The van der Waals surface area contributed by atoms with Gasteiger partial charge in [0.25, 0.3) is 0 Å². The number of primary sulfonamides is 1. The fourth-order valence-corrected chi connectivity index (χ4v) is 1.25. The van der Waals surface area contributed by atoms with E-state index in [1.54, 1.807) is 0 Å². The third-order valence-corrected chi connectivity index (χ3v) is 2.15. The molecule has 0 radical (unpaired) electrons. The van der Waals surface area contributed by atoms with Gasteiger partial charge in [0, 0.05) is 13.2 Å². The first-order valence-corrected chi connectivity index (χ1v) is 5.93. The van der Waals surface area contributed by atoms with Crippen LogP contribution in [0.4, 0.5) is 0 Å². The third-order valence-electron chi connectivity index (χ3n) is 1.29. The maximum Gasteiger partial charge on any atom is 0.209 e. The van der Waals surface area contributed by atoms with Crippen molar-refractivity contribution in [1.82, 2.24) is 0 Å². The van der Waals surface area contributed by atoms with Gasteiger partial charge in [-0.15, -0.1) is 0 Å². The molecule has 0 fully saturated rings. The van der Waals surface area contributed by atoms with Crippen LogP contribution >= 0.6 is 0 Å². The van der Waals surface area contributed by atoms with E-state index in [0.717, 1.165) is 0 Å². The largest absolute Gasteiger partial charge is 0.379 e. The van der Waals surface area contributed by atoms with Crippen molar-refractivity contribution in [1.29, 1.82) is 0 Å². The zero-order valence-corrected chi connectivity index (χ0v) is 8.68. The molecule has 0 atom stereocenters. The summed E-state index contributed by atoms with van der Waals surface area (Å²) in [6.07, 6.45) is 0.435. The summed E-state index contributed by atoms with van der Waals surface area (Å²) in [5, 5.41) is 4.79. The molecule has 0 aliphatic carbocycles. The molecule has 0 aromatic heterocycles. The van der Waals surface area contributed by atoms with Crippen LogP contribution in [-0.4, -0.2) is 40.6 Å². The molecule has 0 aromatic carbocycles. The fourth-order valence-electron chi connectivity index (χ4n) is 0.726. The van der Waals surface area contributed by atoms with Crippen LogP contribution in [0.25, 0.3) is 0 Å². The van der Waals surface area contributed by atoms with E-state index in [4.69, 9.17) is 14.6 Å². The van der Waals surface area contributed by atoms with Gasteiger partial charge in [-0.1, -0.05) is 0 Å². The van der Waals surface area contributed by atoms with Gasteiger partial charge >= 0.3 is 0 Å². The Morgan fingerprint density at radius 3 is 2.31 bits per heavy atom. The number of hydrogen-bond donors (Lipinski definition) is 1. The van der Waals surface area contributed by atoms with Crippen molar-refractivity contribution in [3.63, 3.8) is 0 Å². The summed E-state index contributed by atoms with van der Waals surface area (Å²) in [5.41, 5.74) is 0. The van der Waals surface area contributed by atoms with Crippen LogP contribution in [0.2, 0.25) is 0 Å². The summed E-state index contributed by atoms with van der Waals surface area (Å²) < 4.78 is 31.0. The predicted molar refractivity (Wildman–Crippen MR) is 49.9 cm³/mol. The molecule has 0 aliphatic heterocycles. The molecule has 0 amide bonds. The highest BCUT2D eigenvalue weighted by molar-refractivity contribution is 7.89. The third kappa shape index (κ3) is 11.8. The molecule has 0 aromatic rings. The van der Waals surface area contributed by atoms with Crippen molar-refractivity contribution in [3.05, 3.63) is 0 Å². The van der Waals surface area contributed by atoms with E-state index < -0.39 is 10.0 Å². The van der Waals surface area contributed by atoms with Crippen LogP contribution in [0.15, 0.2) is 0 Å². The topological polar surface area (TPSA) is 78.6 Å². The number of sulfonamides is 1. The molecule has 80 valence electrons. The Morgan fingerprint density at radius 1 is 1.15 bits per heavy atom. The van der Waals surface area contributed by atoms with E-state index in [1.165, 1.54) is 0 Å². The molecule has 0 unspecified atom stereocenters. The zero-order chi connectivity index (χ0) is 10.2. The van der Waals surface area contributed by atoms with Crippen molar-refractivity contribution in [2.24, 2.45) is 5.14 Å². The average Bonchev–Trinajstić information content (AvgIpc) is 2.01. The highest BCUT2D eigenvalue weighted by Crippen LogP contribution is 1.87. The summed E-state index contributed by atoms with van der Waals surface area (Å²) in [7, 11) is -3.33. The summed E-state index contributed by atoms with van der Waals surface area (Å²) in [6.45, 7) is 4.02. The Labute approximate surface area is 79.3 Å². The number of ether oxygens (including phenoxy) is 2. The number of hydrogen-bond acceptors (Lipinski definition) is 4. The van der Waals surface area contributed by atoms with Crippen molar-refractivity contribution in [2.75, 3.05) is 32.2 Å². The van der Waals surface area contributed by atoms with Crippen LogP contribution < -0.4 is 5.14 Å². The zero-order valence-electron chi connectivity index (χ0n) is 7.86. The van der Waals surface area contributed by atoms with Gasteiger partial charge in [-0.25, -0.2) is 13.6 Å². The SMILES string of the molecule is CCOCCOCCCS(N)(=O)=O. The minimum Gasteiger partial charge on any atom is -0.379 e. The molecule has 0 rings (SSSR count). The first-order chi connectivity index (χ1) is 6.06. The second-order valence-electron chi connectivity index (χ2n) is 2.53.